The lowest BCUT2D eigenvalue weighted by Gasteiger charge is -2.42. The molecular weight excluding hydrogens is 442 g/mol. The van der Waals surface area contributed by atoms with Crippen molar-refractivity contribution in [2.24, 2.45) is 5.92 Å². The molecule has 3 atom stereocenters. The lowest BCUT2D eigenvalue weighted by atomic mass is 9.85. The number of nitrogens with zero attached hydrogens (tertiary/aromatic N) is 2. The van der Waals surface area contributed by atoms with E-state index >= 15 is 0 Å². The van der Waals surface area contributed by atoms with E-state index in [9.17, 15) is 14.4 Å². The SMILES string of the molecule is CC(C)C[C@H](NC(=O)c1ccc(C2CCN(C3CCC3)CC2)cc1)C(=O)N1CC[C@H]2OCC(=O)[C@H]21. The van der Waals surface area contributed by atoms with Gasteiger partial charge in [-0.1, -0.05) is 32.4 Å². The maximum absolute atomic E-state index is 13.4. The highest BCUT2D eigenvalue weighted by atomic mass is 16.5. The quantitative estimate of drug-likeness (QED) is 0.647. The summed E-state index contributed by atoms with van der Waals surface area (Å²) in [6.07, 6.45) is 7.45. The predicted octanol–water partition coefficient (Wildman–Crippen LogP) is 3.13. The Labute approximate surface area is 208 Å². The standard InChI is InChI=1S/C28H39N3O4/c1-18(2)16-23(28(34)31-15-12-25-26(31)24(32)17-35-25)29-27(33)21-8-6-19(7-9-21)20-10-13-30(14-11-20)22-4-3-5-22/h6-9,18,20,22-23,25-26H,3-5,10-17H2,1-2H3,(H,29,33)/t23-,25+,26+/m0/s1. The van der Waals surface area contributed by atoms with E-state index in [0.717, 1.165) is 6.04 Å². The van der Waals surface area contributed by atoms with Crippen LogP contribution in [0.3, 0.4) is 0 Å². The van der Waals surface area contributed by atoms with Gasteiger partial charge in [0.2, 0.25) is 5.91 Å². The summed E-state index contributed by atoms with van der Waals surface area (Å²) >= 11 is 0. The number of hydrogen-bond donors (Lipinski definition) is 1. The van der Waals surface area contributed by atoms with E-state index in [2.05, 4.69) is 22.3 Å². The fourth-order valence-electron chi connectivity index (χ4n) is 6.23. The summed E-state index contributed by atoms with van der Waals surface area (Å²) < 4.78 is 5.53. The summed E-state index contributed by atoms with van der Waals surface area (Å²) in [4.78, 5) is 43.1. The largest absolute Gasteiger partial charge is 0.368 e. The van der Waals surface area contributed by atoms with E-state index < -0.39 is 12.1 Å². The molecule has 35 heavy (non-hydrogen) atoms. The number of ketones is 1. The van der Waals surface area contributed by atoms with Crippen LogP contribution in [0.5, 0.6) is 0 Å². The van der Waals surface area contributed by atoms with Crippen molar-refractivity contribution in [1.82, 2.24) is 15.1 Å². The molecule has 1 aromatic rings. The zero-order valence-electron chi connectivity index (χ0n) is 21.1. The average Bonchev–Trinajstić information content (AvgIpc) is 3.40. The van der Waals surface area contributed by atoms with Crippen molar-refractivity contribution in [3.05, 3.63) is 35.4 Å². The zero-order valence-corrected chi connectivity index (χ0v) is 21.1. The Hall–Kier alpha value is -2.25. The van der Waals surface area contributed by atoms with Gasteiger partial charge < -0.3 is 19.9 Å². The Morgan fingerprint density at radius 3 is 2.37 bits per heavy atom. The van der Waals surface area contributed by atoms with Gasteiger partial charge in [-0.15, -0.1) is 0 Å². The lowest BCUT2D eigenvalue weighted by molar-refractivity contribution is -0.138. The smallest absolute Gasteiger partial charge is 0.251 e. The first-order valence-corrected chi connectivity index (χ1v) is 13.5. The highest BCUT2D eigenvalue weighted by molar-refractivity contribution is 5.99. The summed E-state index contributed by atoms with van der Waals surface area (Å²) in [5.74, 6) is 0.331. The monoisotopic (exact) mass is 481 g/mol. The molecule has 1 aromatic carbocycles. The number of hydrogen-bond acceptors (Lipinski definition) is 5. The molecule has 0 radical (unpaired) electrons. The van der Waals surface area contributed by atoms with Crippen molar-refractivity contribution < 1.29 is 19.1 Å². The number of ether oxygens (including phenoxy) is 1. The van der Waals surface area contributed by atoms with Crippen LogP contribution in [0.2, 0.25) is 0 Å². The third kappa shape index (κ3) is 5.17. The van der Waals surface area contributed by atoms with Gasteiger partial charge in [0.1, 0.15) is 18.7 Å². The van der Waals surface area contributed by atoms with Crippen LogP contribution in [0.15, 0.2) is 24.3 Å². The molecule has 0 aromatic heterocycles. The van der Waals surface area contributed by atoms with Gasteiger partial charge in [-0.2, -0.15) is 0 Å². The Kier molecular flexibility index (Phi) is 7.26. The minimum atomic E-state index is -0.648. The molecule has 3 heterocycles. The first-order chi connectivity index (χ1) is 16.9. The van der Waals surface area contributed by atoms with Crippen molar-refractivity contribution in [1.29, 1.82) is 0 Å². The van der Waals surface area contributed by atoms with Crippen molar-refractivity contribution in [3.8, 4) is 0 Å². The zero-order chi connectivity index (χ0) is 24.5. The van der Waals surface area contributed by atoms with E-state index in [1.54, 1.807) is 4.90 Å². The summed E-state index contributed by atoms with van der Waals surface area (Å²) in [5.41, 5.74) is 1.87. The molecule has 5 rings (SSSR count). The van der Waals surface area contributed by atoms with Crippen LogP contribution in [0.1, 0.15) is 80.6 Å². The minimum Gasteiger partial charge on any atom is -0.368 e. The highest BCUT2D eigenvalue weighted by Crippen LogP contribution is 2.33. The number of nitrogens with one attached hydrogen (secondary N) is 1. The fraction of sp³-hybridized carbons (Fsp3) is 0.679. The molecule has 0 spiro atoms. The van der Waals surface area contributed by atoms with Crippen LogP contribution in [0, 0.1) is 5.92 Å². The summed E-state index contributed by atoms with van der Waals surface area (Å²) in [7, 11) is 0. The van der Waals surface area contributed by atoms with Gasteiger partial charge in [-0.05, 0) is 81.1 Å². The number of rotatable bonds is 7. The molecule has 1 aliphatic carbocycles. The van der Waals surface area contributed by atoms with E-state index in [4.69, 9.17) is 4.74 Å². The van der Waals surface area contributed by atoms with Gasteiger partial charge in [0.25, 0.3) is 5.91 Å². The molecule has 1 N–H and O–H groups in total. The number of amides is 2. The topological polar surface area (TPSA) is 79.0 Å². The molecule has 0 bridgehead atoms. The lowest BCUT2D eigenvalue weighted by Crippen LogP contribution is -2.52. The number of benzene rings is 1. The first-order valence-electron chi connectivity index (χ1n) is 13.5. The average molecular weight is 482 g/mol. The molecular formula is C28H39N3O4. The number of carbonyl (C=O) groups is 3. The van der Waals surface area contributed by atoms with Crippen LogP contribution >= 0.6 is 0 Å². The molecule has 2 amide bonds. The highest BCUT2D eigenvalue weighted by Gasteiger charge is 2.48. The maximum Gasteiger partial charge on any atom is 0.251 e. The molecule has 3 aliphatic heterocycles. The Balaban J connectivity index is 1.20. The van der Waals surface area contributed by atoms with Crippen molar-refractivity contribution in [2.45, 2.75) is 88.9 Å². The minimum absolute atomic E-state index is 0.0374. The molecule has 1 saturated carbocycles. The Morgan fingerprint density at radius 2 is 1.74 bits per heavy atom. The van der Waals surface area contributed by atoms with E-state index in [1.165, 1.54) is 50.8 Å². The molecule has 190 valence electrons. The molecule has 3 saturated heterocycles. The first kappa shape index (κ1) is 24.4. The van der Waals surface area contributed by atoms with Crippen LogP contribution < -0.4 is 5.32 Å². The second kappa shape index (κ2) is 10.4. The molecule has 4 aliphatic rings. The number of fused-ring (bicyclic) bond motifs is 1. The molecule has 7 heteroatoms. The second-order valence-electron chi connectivity index (χ2n) is 11.3. The van der Waals surface area contributed by atoms with Gasteiger partial charge in [0.05, 0.1) is 6.10 Å². The van der Waals surface area contributed by atoms with Gasteiger partial charge in [-0.25, -0.2) is 0 Å². The van der Waals surface area contributed by atoms with Crippen molar-refractivity contribution in [3.63, 3.8) is 0 Å². The van der Waals surface area contributed by atoms with E-state index in [0.29, 0.717) is 30.9 Å². The third-order valence-electron chi connectivity index (χ3n) is 8.47. The van der Waals surface area contributed by atoms with Crippen LogP contribution in [-0.2, 0) is 14.3 Å². The Morgan fingerprint density at radius 1 is 1.03 bits per heavy atom. The van der Waals surface area contributed by atoms with E-state index in [1.807, 2.05) is 26.0 Å². The fourth-order valence-corrected chi connectivity index (χ4v) is 6.23. The van der Waals surface area contributed by atoms with Crippen LogP contribution in [0.25, 0.3) is 0 Å². The number of carbonyl (C=O) groups excluding carboxylic acids is 3. The number of piperidine rings is 1. The van der Waals surface area contributed by atoms with Crippen LogP contribution in [0.4, 0.5) is 0 Å². The molecule has 7 nitrogen and oxygen atoms in total. The summed E-state index contributed by atoms with van der Waals surface area (Å²) in [6.45, 7) is 6.98. The maximum atomic E-state index is 13.4. The normalized spacial score (nSPS) is 26.6. The molecule has 0 unspecified atom stereocenters. The van der Waals surface area contributed by atoms with E-state index in [-0.39, 0.29) is 36.2 Å². The third-order valence-corrected chi connectivity index (χ3v) is 8.47. The summed E-state index contributed by atoms with van der Waals surface area (Å²) in [6, 6.07) is 7.61. The number of Topliss-reactive ketones (excluding diaryl/α,β-unsaturated/α-hetero) is 1. The van der Waals surface area contributed by atoms with Crippen molar-refractivity contribution in [2.75, 3.05) is 26.2 Å². The Bertz CT molecular complexity index is 934. The summed E-state index contributed by atoms with van der Waals surface area (Å²) in [5, 5.41) is 2.98. The van der Waals surface area contributed by atoms with Gasteiger partial charge >= 0.3 is 0 Å². The van der Waals surface area contributed by atoms with Crippen molar-refractivity contribution >= 4 is 17.6 Å². The second-order valence-corrected chi connectivity index (χ2v) is 11.3. The molecule has 4 fully saturated rings. The van der Waals surface area contributed by atoms with Gasteiger partial charge in [0.15, 0.2) is 5.78 Å². The van der Waals surface area contributed by atoms with Gasteiger partial charge in [0, 0.05) is 18.2 Å². The van der Waals surface area contributed by atoms with Crippen LogP contribution in [-0.4, -0.2) is 77.9 Å². The predicted molar refractivity (Wildman–Crippen MR) is 133 cm³/mol. The van der Waals surface area contributed by atoms with Gasteiger partial charge in [-0.3, -0.25) is 14.4 Å². The number of likely N-dealkylation sites (tertiary alicyclic amines) is 2.